The lowest BCUT2D eigenvalue weighted by Gasteiger charge is -2.26. The van der Waals surface area contributed by atoms with Crippen LogP contribution in [0.4, 0.5) is 5.69 Å². The van der Waals surface area contributed by atoms with E-state index in [1.54, 1.807) is 57.4 Å². The number of fused-ring (bicyclic) bond motifs is 1. The van der Waals surface area contributed by atoms with Gasteiger partial charge in [-0.3, -0.25) is 13.9 Å². The predicted octanol–water partition coefficient (Wildman–Crippen LogP) is 3.57. The van der Waals surface area contributed by atoms with Crippen LogP contribution in [0, 0.1) is 4.91 Å². The van der Waals surface area contributed by atoms with Crippen molar-refractivity contribution >= 4 is 5.69 Å². The quantitative estimate of drug-likeness (QED) is 0.451. The highest BCUT2D eigenvalue weighted by molar-refractivity contribution is 5.62. The smallest absolute Gasteiger partial charge is 0.334 e. The standard InChI is InChI=1S/C26H27N3O8.C2H6/c1-26(2)36-22-20(14-30)35-24(23(22)37-26)29-19(16-6-8-17(27-33)9-7-16)12-21(31)28(25(29)32)13-15-4-10-18(34-3)11-5-15;1-2/h4-12,20,22-24,30H,13-14H2,1-3H3;1-2H3/t20-,22?,23?,24-;/m1./s1. The van der Waals surface area contributed by atoms with E-state index in [1.807, 2.05) is 13.8 Å². The molecular formula is C28H33N3O8. The first-order chi connectivity index (χ1) is 18.7. The highest BCUT2D eigenvalue weighted by Gasteiger charge is 2.56. The van der Waals surface area contributed by atoms with Crippen molar-refractivity contribution in [1.29, 1.82) is 0 Å². The molecule has 4 atom stereocenters. The SMILES string of the molecule is CC.COc1ccc(Cn2c(=O)cc(-c3ccc(N=O)cc3)n([C@@H]3O[C@H](CO)C4OC(C)(C)OC43)c2=O)cc1. The summed E-state index contributed by atoms with van der Waals surface area (Å²) in [5, 5.41) is 12.9. The average Bonchev–Trinajstić information content (AvgIpc) is 3.44. The van der Waals surface area contributed by atoms with Crippen LogP contribution in [-0.4, -0.2) is 52.1 Å². The van der Waals surface area contributed by atoms with E-state index < -0.39 is 41.6 Å². The second-order valence-electron chi connectivity index (χ2n) is 9.41. The first-order valence-corrected chi connectivity index (χ1v) is 12.8. The lowest BCUT2D eigenvalue weighted by Crippen LogP contribution is -2.44. The fourth-order valence-corrected chi connectivity index (χ4v) is 4.83. The molecule has 11 heteroatoms. The highest BCUT2D eigenvalue weighted by atomic mass is 16.8. The number of benzene rings is 2. The zero-order chi connectivity index (χ0) is 28.3. The van der Waals surface area contributed by atoms with Gasteiger partial charge in [-0.05, 0) is 54.4 Å². The first-order valence-electron chi connectivity index (χ1n) is 12.8. The van der Waals surface area contributed by atoms with Gasteiger partial charge >= 0.3 is 5.69 Å². The van der Waals surface area contributed by atoms with Gasteiger partial charge in [0.2, 0.25) is 0 Å². The molecule has 2 aliphatic rings. The third-order valence-electron chi connectivity index (χ3n) is 6.55. The number of nitroso groups, excluding NO2 is 1. The molecule has 39 heavy (non-hydrogen) atoms. The van der Waals surface area contributed by atoms with Gasteiger partial charge in [0.25, 0.3) is 5.56 Å². The summed E-state index contributed by atoms with van der Waals surface area (Å²) in [5.74, 6) is -0.304. The molecule has 3 heterocycles. The maximum absolute atomic E-state index is 14.0. The number of methoxy groups -OCH3 is 1. The molecule has 11 nitrogen and oxygen atoms in total. The average molecular weight is 540 g/mol. The van der Waals surface area contributed by atoms with Crippen LogP contribution in [0.2, 0.25) is 0 Å². The number of rotatable bonds is 7. The summed E-state index contributed by atoms with van der Waals surface area (Å²) in [6, 6.07) is 14.6. The molecule has 1 aromatic heterocycles. The second kappa shape index (κ2) is 11.6. The van der Waals surface area contributed by atoms with Gasteiger partial charge in [-0.1, -0.05) is 38.1 Å². The van der Waals surface area contributed by atoms with Gasteiger partial charge in [0.1, 0.15) is 29.7 Å². The Morgan fingerprint density at radius 2 is 1.64 bits per heavy atom. The van der Waals surface area contributed by atoms with Crippen LogP contribution in [0.1, 0.15) is 39.5 Å². The Morgan fingerprint density at radius 3 is 2.23 bits per heavy atom. The summed E-state index contributed by atoms with van der Waals surface area (Å²) >= 11 is 0. The zero-order valence-electron chi connectivity index (χ0n) is 22.6. The summed E-state index contributed by atoms with van der Waals surface area (Å²) in [4.78, 5) is 38.1. The Bertz CT molecular complexity index is 1410. The van der Waals surface area contributed by atoms with Crippen molar-refractivity contribution < 1.29 is 24.1 Å². The summed E-state index contributed by atoms with van der Waals surface area (Å²) in [5.41, 5.74) is 0.574. The Balaban J connectivity index is 0.00000172. The van der Waals surface area contributed by atoms with Crippen molar-refractivity contribution in [2.75, 3.05) is 13.7 Å². The van der Waals surface area contributed by atoms with Gasteiger partial charge in [-0.25, -0.2) is 4.79 Å². The Hall–Kier alpha value is -3.64. The van der Waals surface area contributed by atoms with Crippen LogP contribution in [0.5, 0.6) is 5.75 Å². The number of hydrogen-bond donors (Lipinski definition) is 1. The van der Waals surface area contributed by atoms with E-state index >= 15 is 0 Å². The molecule has 5 rings (SSSR count). The highest BCUT2D eigenvalue weighted by Crippen LogP contribution is 2.43. The van der Waals surface area contributed by atoms with Crippen molar-refractivity contribution in [2.24, 2.45) is 5.18 Å². The van der Waals surface area contributed by atoms with Crippen LogP contribution in [-0.2, 0) is 20.8 Å². The van der Waals surface area contributed by atoms with E-state index in [0.29, 0.717) is 11.3 Å². The largest absolute Gasteiger partial charge is 0.497 e. The molecular weight excluding hydrogens is 506 g/mol. The topological polar surface area (TPSA) is 131 Å². The number of ether oxygens (including phenoxy) is 4. The molecule has 0 spiro atoms. The van der Waals surface area contributed by atoms with E-state index in [-0.39, 0.29) is 24.5 Å². The Labute approximate surface area is 225 Å². The molecule has 0 saturated carbocycles. The number of aliphatic hydroxyl groups is 1. The maximum Gasteiger partial charge on any atom is 0.334 e. The van der Waals surface area contributed by atoms with E-state index in [1.165, 1.54) is 22.8 Å². The van der Waals surface area contributed by atoms with Gasteiger partial charge in [-0.2, -0.15) is 0 Å². The minimum Gasteiger partial charge on any atom is -0.497 e. The second-order valence-corrected chi connectivity index (χ2v) is 9.41. The Morgan fingerprint density at radius 1 is 1.00 bits per heavy atom. The molecule has 0 bridgehead atoms. The summed E-state index contributed by atoms with van der Waals surface area (Å²) < 4.78 is 25.8. The fraction of sp³-hybridized carbons (Fsp3) is 0.429. The molecule has 2 aliphatic heterocycles. The summed E-state index contributed by atoms with van der Waals surface area (Å²) in [7, 11) is 1.55. The van der Waals surface area contributed by atoms with Gasteiger partial charge in [-0.15, -0.1) is 4.91 Å². The first kappa shape index (κ1) is 28.4. The van der Waals surface area contributed by atoms with Gasteiger partial charge in [0, 0.05) is 6.07 Å². The van der Waals surface area contributed by atoms with Crippen molar-refractivity contribution in [3.05, 3.63) is 85.9 Å². The minimum atomic E-state index is -0.988. The summed E-state index contributed by atoms with van der Waals surface area (Å²) in [6.45, 7) is 7.17. The molecule has 2 aromatic carbocycles. The lowest BCUT2D eigenvalue weighted by atomic mass is 10.1. The fourth-order valence-electron chi connectivity index (χ4n) is 4.83. The van der Waals surface area contributed by atoms with Crippen molar-refractivity contribution in [2.45, 2.75) is 64.6 Å². The number of nitrogens with zero attached hydrogens (tertiary/aromatic N) is 3. The molecule has 0 radical (unpaired) electrons. The minimum absolute atomic E-state index is 0.0169. The van der Waals surface area contributed by atoms with Crippen molar-refractivity contribution in [1.82, 2.24) is 9.13 Å². The third-order valence-corrected chi connectivity index (χ3v) is 6.55. The van der Waals surface area contributed by atoms with Gasteiger partial charge in [0.05, 0.1) is 26.0 Å². The van der Waals surface area contributed by atoms with E-state index in [4.69, 9.17) is 18.9 Å². The van der Waals surface area contributed by atoms with Crippen molar-refractivity contribution in [3.8, 4) is 17.0 Å². The lowest BCUT2D eigenvalue weighted by molar-refractivity contribution is -0.200. The normalized spacial score (nSPS) is 23.0. The molecule has 208 valence electrons. The predicted molar refractivity (Wildman–Crippen MR) is 144 cm³/mol. The number of aromatic nitrogens is 2. The maximum atomic E-state index is 14.0. The number of aliphatic hydroxyl groups excluding tert-OH is 1. The molecule has 3 aromatic rings. The molecule has 0 aliphatic carbocycles. The van der Waals surface area contributed by atoms with Crippen LogP contribution in [0.25, 0.3) is 11.3 Å². The third kappa shape index (κ3) is 5.57. The summed E-state index contributed by atoms with van der Waals surface area (Å²) in [6.07, 6.45) is -3.06. The van der Waals surface area contributed by atoms with E-state index in [0.717, 1.165) is 10.1 Å². The molecule has 1 N–H and O–H groups in total. The zero-order valence-corrected chi connectivity index (χ0v) is 22.6. The number of hydrogen-bond acceptors (Lipinski definition) is 9. The molecule has 2 saturated heterocycles. The Kier molecular flexibility index (Phi) is 8.45. The van der Waals surface area contributed by atoms with Crippen LogP contribution in [0.3, 0.4) is 0 Å². The van der Waals surface area contributed by atoms with Crippen LogP contribution < -0.4 is 16.0 Å². The molecule has 2 fully saturated rings. The van der Waals surface area contributed by atoms with Gasteiger partial charge < -0.3 is 24.1 Å². The van der Waals surface area contributed by atoms with Gasteiger partial charge in [0.15, 0.2) is 12.0 Å². The molecule has 0 amide bonds. The van der Waals surface area contributed by atoms with Crippen molar-refractivity contribution in [3.63, 3.8) is 0 Å². The van der Waals surface area contributed by atoms with E-state index in [9.17, 15) is 19.6 Å². The van der Waals surface area contributed by atoms with E-state index in [2.05, 4.69) is 5.18 Å². The van der Waals surface area contributed by atoms with Crippen LogP contribution >= 0.6 is 0 Å². The van der Waals surface area contributed by atoms with Crippen LogP contribution in [0.15, 0.2) is 69.4 Å². The molecule has 2 unspecified atom stereocenters. The monoisotopic (exact) mass is 539 g/mol.